The number of carbonyl (C=O) groups is 1. The number of carboxylic acid groups (broad SMARTS) is 1. The van der Waals surface area contributed by atoms with E-state index in [0.29, 0.717) is 38.1 Å². The number of likely N-dealkylation sites (tertiary alicyclic amines) is 1. The maximum Gasteiger partial charge on any atom is 0.335 e. The lowest BCUT2D eigenvalue weighted by molar-refractivity contribution is 0.0697. The average molecular weight is 545 g/mol. The SMILES string of the molecule is COCCn1c(CN2CCC(c3cccc(OCc4ccc5c(c4)OCO5)n3)CC2)nc2ccc(C(=O)O)cc21. The topological polar surface area (TPSA) is 108 Å². The van der Waals surface area contributed by atoms with Gasteiger partial charge in [-0.3, -0.25) is 4.90 Å². The van der Waals surface area contributed by atoms with Gasteiger partial charge in [-0.05, 0) is 67.9 Å². The highest BCUT2D eigenvalue weighted by atomic mass is 16.7. The number of carboxylic acids is 1. The fourth-order valence-corrected chi connectivity index (χ4v) is 5.37. The third-order valence-corrected chi connectivity index (χ3v) is 7.53. The molecule has 0 atom stereocenters. The molecule has 1 saturated heterocycles. The highest BCUT2D eigenvalue weighted by molar-refractivity contribution is 5.92. The van der Waals surface area contributed by atoms with Crippen molar-refractivity contribution in [1.82, 2.24) is 19.4 Å². The molecule has 40 heavy (non-hydrogen) atoms. The minimum absolute atomic E-state index is 0.254. The predicted molar refractivity (Wildman–Crippen MR) is 147 cm³/mol. The van der Waals surface area contributed by atoms with Gasteiger partial charge in [-0.25, -0.2) is 14.8 Å². The lowest BCUT2D eigenvalue weighted by Crippen LogP contribution is -2.33. The van der Waals surface area contributed by atoms with Crippen molar-refractivity contribution in [3.05, 3.63) is 77.2 Å². The third-order valence-electron chi connectivity index (χ3n) is 7.53. The summed E-state index contributed by atoms with van der Waals surface area (Å²) in [6.07, 6.45) is 1.97. The van der Waals surface area contributed by atoms with Gasteiger partial charge in [0.2, 0.25) is 12.7 Å². The van der Waals surface area contributed by atoms with E-state index in [2.05, 4.69) is 15.5 Å². The Morgan fingerprint density at radius 2 is 1.90 bits per heavy atom. The van der Waals surface area contributed by atoms with E-state index < -0.39 is 5.97 Å². The molecule has 10 nitrogen and oxygen atoms in total. The zero-order valence-electron chi connectivity index (χ0n) is 22.4. The number of pyridine rings is 1. The van der Waals surface area contributed by atoms with Crippen LogP contribution in [0.2, 0.25) is 0 Å². The summed E-state index contributed by atoms with van der Waals surface area (Å²) in [7, 11) is 1.66. The molecule has 0 bridgehead atoms. The molecule has 0 amide bonds. The maximum absolute atomic E-state index is 11.5. The molecule has 208 valence electrons. The molecule has 0 saturated carbocycles. The van der Waals surface area contributed by atoms with Gasteiger partial charge in [0.15, 0.2) is 11.5 Å². The lowest BCUT2D eigenvalue weighted by atomic mass is 9.93. The first-order valence-electron chi connectivity index (χ1n) is 13.5. The molecule has 0 radical (unpaired) electrons. The number of aromatic nitrogens is 3. The van der Waals surface area contributed by atoms with E-state index in [9.17, 15) is 9.90 Å². The summed E-state index contributed by atoms with van der Waals surface area (Å²) in [5.74, 6) is 2.45. The van der Waals surface area contributed by atoms with Crippen molar-refractivity contribution in [3.8, 4) is 17.4 Å². The Bertz CT molecular complexity index is 1510. The molecule has 0 spiro atoms. The number of rotatable bonds is 10. The van der Waals surface area contributed by atoms with Crippen LogP contribution in [-0.4, -0.2) is 64.1 Å². The number of benzene rings is 2. The van der Waals surface area contributed by atoms with Crippen LogP contribution in [0.15, 0.2) is 54.6 Å². The van der Waals surface area contributed by atoms with Gasteiger partial charge in [0, 0.05) is 31.3 Å². The maximum atomic E-state index is 11.5. The summed E-state index contributed by atoms with van der Waals surface area (Å²) < 4.78 is 24.2. The van der Waals surface area contributed by atoms with Gasteiger partial charge in [0.05, 0.1) is 29.7 Å². The van der Waals surface area contributed by atoms with Crippen LogP contribution in [0.3, 0.4) is 0 Å². The molecule has 2 aliphatic rings. The Morgan fingerprint density at radius 1 is 1.05 bits per heavy atom. The summed E-state index contributed by atoms with van der Waals surface area (Å²) in [5, 5.41) is 9.44. The highest BCUT2D eigenvalue weighted by Crippen LogP contribution is 2.33. The Hall–Kier alpha value is -4.15. The monoisotopic (exact) mass is 544 g/mol. The predicted octanol–water partition coefficient (Wildman–Crippen LogP) is 4.46. The number of fused-ring (bicyclic) bond motifs is 2. The molecule has 2 aliphatic heterocycles. The van der Waals surface area contributed by atoms with Crippen LogP contribution < -0.4 is 14.2 Å². The molecule has 0 unspecified atom stereocenters. The molecule has 6 rings (SSSR count). The molecule has 2 aromatic heterocycles. The Balaban J connectivity index is 1.08. The van der Waals surface area contributed by atoms with E-state index in [1.807, 2.05) is 30.3 Å². The molecule has 0 aliphatic carbocycles. The molecule has 1 N–H and O–H groups in total. The fraction of sp³-hybridized carbons (Fsp3) is 0.367. The summed E-state index contributed by atoms with van der Waals surface area (Å²) in [6.45, 7) is 4.33. The number of hydrogen-bond acceptors (Lipinski definition) is 8. The van der Waals surface area contributed by atoms with Crippen LogP contribution in [0, 0.1) is 0 Å². The second-order valence-electron chi connectivity index (χ2n) is 10.1. The molecular formula is C30H32N4O6. The summed E-state index contributed by atoms with van der Waals surface area (Å²) in [6, 6.07) is 16.9. The van der Waals surface area contributed by atoms with E-state index in [4.69, 9.17) is 28.9 Å². The van der Waals surface area contributed by atoms with E-state index in [1.165, 1.54) is 0 Å². The number of methoxy groups -OCH3 is 1. The van der Waals surface area contributed by atoms with Crippen LogP contribution in [-0.2, 0) is 24.4 Å². The van der Waals surface area contributed by atoms with Gasteiger partial charge in [0.1, 0.15) is 12.4 Å². The van der Waals surface area contributed by atoms with Crippen LogP contribution in [0.25, 0.3) is 11.0 Å². The largest absolute Gasteiger partial charge is 0.478 e. The van der Waals surface area contributed by atoms with Crippen molar-refractivity contribution in [3.63, 3.8) is 0 Å². The van der Waals surface area contributed by atoms with Crippen molar-refractivity contribution in [2.75, 3.05) is 33.6 Å². The zero-order valence-corrected chi connectivity index (χ0v) is 22.4. The number of ether oxygens (including phenoxy) is 4. The zero-order chi connectivity index (χ0) is 27.5. The van der Waals surface area contributed by atoms with E-state index >= 15 is 0 Å². The number of imidazole rings is 1. The van der Waals surface area contributed by atoms with Gasteiger partial charge < -0.3 is 28.6 Å². The van der Waals surface area contributed by atoms with Gasteiger partial charge in [-0.15, -0.1) is 0 Å². The molecule has 2 aromatic carbocycles. The Morgan fingerprint density at radius 3 is 2.73 bits per heavy atom. The van der Waals surface area contributed by atoms with Gasteiger partial charge in [-0.1, -0.05) is 12.1 Å². The van der Waals surface area contributed by atoms with Gasteiger partial charge >= 0.3 is 5.97 Å². The van der Waals surface area contributed by atoms with Crippen LogP contribution >= 0.6 is 0 Å². The molecule has 1 fully saturated rings. The van der Waals surface area contributed by atoms with E-state index in [-0.39, 0.29) is 12.4 Å². The second-order valence-corrected chi connectivity index (χ2v) is 10.1. The second kappa shape index (κ2) is 11.5. The first-order valence-corrected chi connectivity index (χ1v) is 13.5. The smallest absolute Gasteiger partial charge is 0.335 e. The van der Waals surface area contributed by atoms with Crippen molar-refractivity contribution in [2.24, 2.45) is 0 Å². The molecular weight excluding hydrogens is 512 g/mol. The number of aromatic carboxylic acids is 1. The molecule has 4 heterocycles. The van der Waals surface area contributed by atoms with Crippen LogP contribution in [0.4, 0.5) is 0 Å². The number of nitrogens with zero attached hydrogens (tertiary/aromatic N) is 4. The van der Waals surface area contributed by atoms with Crippen molar-refractivity contribution >= 4 is 17.0 Å². The minimum atomic E-state index is -0.943. The number of piperidine rings is 1. The molecule has 10 heteroatoms. The summed E-state index contributed by atoms with van der Waals surface area (Å²) in [5.41, 5.74) is 3.93. The van der Waals surface area contributed by atoms with E-state index in [0.717, 1.165) is 65.5 Å². The fourth-order valence-electron chi connectivity index (χ4n) is 5.37. The summed E-state index contributed by atoms with van der Waals surface area (Å²) in [4.78, 5) is 23.6. The van der Waals surface area contributed by atoms with Crippen molar-refractivity contribution in [2.45, 2.75) is 38.5 Å². The Kier molecular flexibility index (Phi) is 7.52. The van der Waals surface area contributed by atoms with Crippen molar-refractivity contribution in [1.29, 1.82) is 0 Å². The number of hydrogen-bond donors (Lipinski definition) is 1. The molecule has 4 aromatic rings. The third kappa shape index (κ3) is 5.59. The van der Waals surface area contributed by atoms with Gasteiger partial charge in [0.25, 0.3) is 0 Å². The quantitative estimate of drug-likeness (QED) is 0.309. The first-order chi connectivity index (χ1) is 19.6. The van der Waals surface area contributed by atoms with Gasteiger partial charge in [-0.2, -0.15) is 0 Å². The van der Waals surface area contributed by atoms with Crippen LogP contribution in [0.1, 0.15) is 46.2 Å². The minimum Gasteiger partial charge on any atom is -0.478 e. The normalized spacial score (nSPS) is 15.5. The highest BCUT2D eigenvalue weighted by Gasteiger charge is 2.24. The Labute approximate surface area is 232 Å². The first kappa shape index (κ1) is 26.1. The van der Waals surface area contributed by atoms with Crippen LogP contribution in [0.5, 0.6) is 17.4 Å². The van der Waals surface area contributed by atoms with Crippen molar-refractivity contribution < 1.29 is 28.8 Å². The lowest BCUT2D eigenvalue weighted by Gasteiger charge is -2.31. The van der Waals surface area contributed by atoms with E-state index in [1.54, 1.807) is 25.3 Å². The summed E-state index contributed by atoms with van der Waals surface area (Å²) >= 11 is 0. The average Bonchev–Trinajstić information content (AvgIpc) is 3.59. The standard InChI is InChI=1S/C30H32N4O6/c1-37-14-13-34-25-16-22(30(35)36)6-7-24(25)31-28(34)17-33-11-9-21(10-12-33)23-3-2-4-29(32-23)38-18-20-5-8-26-27(15-20)40-19-39-26/h2-8,15-16,21H,9-14,17-19H2,1H3,(H,35,36).